The van der Waals surface area contributed by atoms with E-state index in [1.165, 1.54) is 18.2 Å². The van der Waals surface area contributed by atoms with Gasteiger partial charge in [-0.2, -0.15) is 0 Å². The number of nitrogens with zero attached hydrogens (tertiary/aromatic N) is 3. The van der Waals surface area contributed by atoms with Gasteiger partial charge in [0.05, 0.1) is 12.0 Å². The molecule has 1 saturated carbocycles. The molecule has 8 nitrogen and oxygen atoms in total. The topological polar surface area (TPSA) is 99.2 Å². The summed E-state index contributed by atoms with van der Waals surface area (Å²) >= 11 is 1.23. The van der Waals surface area contributed by atoms with Crippen LogP contribution in [0.5, 0.6) is 0 Å². The van der Waals surface area contributed by atoms with Crippen LogP contribution in [0.15, 0.2) is 28.0 Å². The molecule has 3 rings (SSSR count). The number of nitrogens with one attached hydrogen (secondary N) is 1. The Bertz CT molecular complexity index is 821. The van der Waals surface area contributed by atoms with Gasteiger partial charge in [0.25, 0.3) is 5.91 Å². The van der Waals surface area contributed by atoms with Gasteiger partial charge in [0.1, 0.15) is 0 Å². The average Bonchev–Trinajstić information content (AvgIpc) is 3.37. The molecule has 3 atom stereocenters. The first kappa shape index (κ1) is 21.4. The van der Waals surface area contributed by atoms with Crippen molar-refractivity contribution in [2.24, 2.45) is 11.8 Å². The maximum absolute atomic E-state index is 12.1. The SMILES string of the molecule is CCn1c(SCC(=O)OCC(=O)N[C@H]2CCC[C@H](C)[C@@H]2C)nnc1-c1ccco1. The number of ether oxygens (including phenoxy) is 1. The number of hydrogen-bond acceptors (Lipinski definition) is 7. The van der Waals surface area contributed by atoms with Gasteiger partial charge in [-0.05, 0) is 37.3 Å². The van der Waals surface area contributed by atoms with Crippen molar-refractivity contribution >= 4 is 23.6 Å². The number of rotatable bonds is 8. The van der Waals surface area contributed by atoms with Crippen LogP contribution < -0.4 is 5.32 Å². The standard InChI is InChI=1S/C20H28N4O4S/c1-4-24-19(16-9-6-10-27-16)22-23-20(24)29-12-18(26)28-11-17(25)21-15-8-5-7-13(2)14(15)3/h6,9-10,13-15H,4-5,7-8,11-12H2,1-3H3,(H,21,25)/t13-,14-,15-/m0/s1. The van der Waals surface area contributed by atoms with Crippen molar-refractivity contribution in [3.05, 3.63) is 18.4 Å². The quantitative estimate of drug-likeness (QED) is 0.517. The molecule has 2 aromatic heterocycles. The van der Waals surface area contributed by atoms with Gasteiger partial charge >= 0.3 is 5.97 Å². The highest BCUT2D eigenvalue weighted by atomic mass is 32.2. The Morgan fingerprint density at radius 2 is 2.17 bits per heavy atom. The zero-order chi connectivity index (χ0) is 20.8. The molecule has 2 aromatic rings. The van der Waals surface area contributed by atoms with Crippen LogP contribution in [-0.2, 0) is 20.9 Å². The molecule has 1 aliphatic rings. The van der Waals surface area contributed by atoms with Gasteiger partial charge in [-0.3, -0.25) is 14.2 Å². The van der Waals surface area contributed by atoms with E-state index in [0.29, 0.717) is 35.1 Å². The summed E-state index contributed by atoms with van der Waals surface area (Å²) in [6.07, 6.45) is 4.87. The maximum atomic E-state index is 12.1. The summed E-state index contributed by atoms with van der Waals surface area (Å²) in [4.78, 5) is 24.2. The largest absolute Gasteiger partial charge is 0.461 e. The fraction of sp³-hybridized carbons (Fsp3) is 0.600. The number of esters is 1. The molecule has 9 heteroatoms. The highest BCUT2D eigenvalue weighted by Gasteiger charge is 2.28. The zero-order valence-corrected chi connectivity index (χ0v) is 17.9. The van der Waals surface area contributed by atoms with E-state index in [1.54, 1.807) is 12.3 Å². The fourth-order valence-electron chi connectivity index (χ4n) is 3.61. The molecular weight excluding hydrogens is 392 g/mol. The van der Waals surface area contributed by atoms with Crippen LogP contribution in [-0.4, -0.2) is 45.0 Å². The van der Waals surface area contributed by atoms with Crippen molar-refractivity contribution < 1.29 is 18.7 Å². The van der Waals surface area contributed by atoms with E-state index >= 15 is 0 Å². The van der Waals surface area contributed by atoms with Crippen LogP contribution >= 0.6 is 11.8 Å². The van der Waals surface area contributed by atoms with Crippen LogP contribution in [0.1, 0.15) is 40.0 Å². The minimum Gasteiger partial charge on any atom is -0.461 e. The van der Waals surface area contributed by atoms with E-state index < -0.39 is 5.97 Å². The second kappa shape index (κ2) is 9.96. The summed E-state index contributed by atoms with van der Waals surface area (Å²) in [5.41, 5.74) is 0. The van der Waals surface area contributed by atoms with Crippen molar-refractivity contribution in [2.45, 2.75) is 57.8 Å². The maximum Gasteiger partial charge on any atom is 0.316 e. The predicted molar refractivity (Wildman–Crippen MR) is 109 cm³/mol. The van der Waals surface area contributed by atoms with Crippen LogP contribution in [0.4, 0.5) is 0 Å². The number of carbonyl (C=O) groups excluding carboxylic acids is 2. The van der Waals surface area contributed by atoms with Gasteiger partial charge in [-0.1, -0.05) is 38.5 Å². The molecule has 2 heterocycles. The lowest BCUT2D eigenvalue weighted by atomic mass is 9.78. The number of amides is 1. The van der Waals surface area contributed by atoms with Gasteiger partial charge in [0, 0.05) is 12.6 Å². The molecular formula is C20H28N4O4S. The number of hydrogen-bond donors (Lipinski definition) is 1. The molecule has 0 aliphatic heterocycles. The molecule has 1 N–H and O–H groups in total. The van der Waals surface area contributed by atoms with E-state index in [-0.39, 0.29) is 24.3 Å². The normalized spacial score (nSPS) is 21.7. The molecule has 158 valence electrons. The molecule has 1 aliphatic carbocycles. The van der Waals surface area contributed by atoms with Gasteiger partial charge < -0.3 is 14.5 Å². The van der Waals surface area contributed by atoms with Crippen molar-refractivity contribution in [1.29, 1.82) is 0 Å². The molecule has 0 spiro atoms. The second-order valence-corrected chi connectivity index (χ2v) is 8.36. The van der Waals surface area contributed by atoms with Crippen LogP contribution in [0.2, 0.25) is 0 Å². The van der Waals surface area contributed by atoms with Gasteiger partial charge in [0.2, 0.25) is 0 Å². The minimum atomic E-state index is -0.458. The molecule has 0 aromatic carbocycles. The third kappa shape index (κ3) is 5.41. The van der Waals surface area contributed by atoms with Crippen molar-refractivity contribution in [3.8, 4) is 11.6 Å². The Labute approximate surface area is 174 Å². The van der Waals surface area contributed by atoms with Crippen LogP contribution in [0, 0.1) is 11.8 Å². The molecule has 1 fully saturated rings. The number of aromatic nitrogens is 3. The predicted octanol–water partition coefficient (Wildman–Crippen LogP) is 3.13. The Morgan fingerprint density at radius 1 is 1.34 bits per heavy atom. The second-order valence-electron chi connectivity index (χ2n) is 7.42. The van der Waals surface area contributed by atoms with Crippen molar-refractivity contribution in [3.63, 3.8) is 0 Å². The summed E-state index contributed by atoms with van der Waals surface area (Å²) in [6.45, 7) is 6.73. The van der Waals surface area contributed by atoms with Gasteiger partial charge in [-0.25, -0.2) is 0 Å². The van der Waals surface area contributed by atoms with Crippen LogP contribution in [0.25, 0.3) is 11.6 Å². The van der Waals surface area contributed by atoms with Gasteiger partial charge in [-0.15, -0.1) is 10.2 Å². The van der Waals surface area contributed by atoms with E-state index in [2.05, 4.69) is 29.4 Å². The number of furan rings is 1. The first-order valence-corrected chi connectivity index (χ1v) is 11.0. The lowest BCUT2D eigenvalue weighted by molar-refractivity contribution is -0.146. The van der Waals surface area contributed by atoms with Crippen molar-refractivity contribution in [1.82, 2.24) is 20.1 Å². The van der Waals surface area contributed by atoms with Gasteiger partial charge in [0.15, 0.2) is 23.3 Å². The van der Waals surface area contributed by atoms with E-state index in [9.17, 15) is 9.59 Å². The van der Waals surface area contributed by atoms with Crippen molar-refractivity contribution in [2.75, 3.05) is 12.4 Å². The van der Waals surface area contributed by atoms with E-state index in [4.69, 9.17) is 9.15 Å². The minimum absolute atomic E-state index is 0.0560. The Morgan fingerprint density at radius 3 is 2.90 bits per heavy atom. The monoisotopic (exact) mass is 420 g/mol. The highest BCUT2D eigenvalue weighted by molar-refractivity contribution is 7.99. The molecule has 1 amide bonds. The van der Waals surface area contributed by atoms with E-state index in [0.717, 1.165) is 12.8 Å². The molecule has 0 bridgehead atoms. The van der Waals surface area contributed by atoms with Crippen LogP contribution in [0.3, 0.4) is 0 Å². The first-order chi connectivity index (χ1) is 14.0. The lowest BCUT2D eigenvalue weighted by Crippen LogP contribution is -2.45. The molecule has 0 unspecified atom stereocenters. The average molecular weight is 421 g/mol. The third-order valence-corrected chi connectivity index (χ3v) is 6.45. The summed E-state index contributed by atoms with van der Waals surface area (Å²) in [5, 5.41) is 11.9. The number of thioether (sulfide) groups is 1. The smallest absolute Gasteiger partial charge is 0.316 e. The fourth-order valence-corrected chi connectivity index (χ4v) is 4.41. The summed E-state index contributed by atoms with van der Waals surface area (Å²) in [7, 11) is 0. The first-order valence-electron chi connectivity index (χ1n) is 10.0. The molecule has 0 saturated heterocycles. The number of carbonyl (C=O) groups is 2. The molecule has 29 heavy (non-hydrogen) atoms. The summed E-state index contributed by atoms with van der Waals surface area (Å²) < 4.78 is 12.4. The third-order valence-electron chi connectivity index (χ3n) is 5.51. The summed E-state index contributed by atoms with van der Waals surface area (Å²) in [5.74, 6) is 1.62. The highest BCUT2D eigenvalue weighted by Crippen LogP contribution is 2.29. The Hall–Kier alpha value is -2.29. The summed E-state index contributed by atoms with van der Waals surface area (Å²) in [6, 6.07) is 3.75. The molecule has 0 radical (unpaired) electrons. The Kier molecular flexibility index (Phi) is 7.35. The Balaban J connectivity index is 1.45. The van der Waals surface area contributed by atoms with E-state index in [1.807, 2.05) is 17.6 Å². The zero-order valence-electron chi connectivity index (χ0n) is 17.1. The lowest BCUT2D eigenvalue weighted by Gasteiger charge is -2.34.